The van der Waals surface area contributed by atoms with E-state index in [0.29, 0.717) is 27.1 Å². The number of rotatable bonds is 6. The zero-order valence-electron chi connectivity index (χ0n) is 15.6. The molecule has 1 aromatic heterocycles. The zero-order valence-corrected chi connectivity index (χ0v) is 18.8. The van der Waals surface area contributed by atoms with E-state index < -0.39 is 0 Å². The maximum absolute atomic E-state index is 9.56. The molecule has 0 saturated heterocycles. The van der Waals surface area contributed by atoms with Crippen LogP contribution in [0.3, 0.4) is 0 Å². The topological polar surface area (TPSA) is 55.1 Å². The summed E-state index contributed by atoms with van der Waals surface area (Å²) in [7, 11) is 3.18. The number of nitrogens with zero attached hydrogens (tertiary/aromatic N) is 2. The molecular weight excluding hydrogens is 472 g/mol. The molecule has 0 spiro atoms. The van der Waals surface area contributed by atoms with Gasteiger partial charge in [-0.2, -0.15) is 5.26 Å². The molecule has 0 atom stereocenters. The molecule has 0 aliphatic heterocycles. The van der Waals surface area contributed by atoms with Gasteiger partial charge < -0.3 is 9.47 Å². The Morgan fingerprint density at radius 2 is 1.83 bits per heavy atom. The second-order valence-corrected chi connectivity index (χ2v) is 8.00. The first kappa shape index (κ1) is 21.1. The molecule has 0 amide bonds. The number of aromatic nitrogens is 1. The van der Waals surface area contributed by atoms with Crippen molar-refractivity contribution in [3.05, 3.63) is 75.0 Å². The van der Waals surface area contributed by atoms with Crippen molar-refractivity contribution in [1.82, 2.24) is 4.98 Å². The molecule has 3 rings (SSSR count). The van der Waals surface area contributed by atoms with E-state index >= 15 is 0 Å². The first-order valence-corrected chi connectivity index (χ1v) is 10.5. The van der Waals surface area contributed by atoms with Gasteiger partial charge in [-0.05, 0) is 48.0 Å². The van der Waals surface area contributed by atoms with Crippen LogP contribution >= 0.6 is 38.9 Å². The van der Waals surface area contributed by atoms with Gasteiger partial charge in [0.1, 0.15) is 11.1 Å². The average molecular weight is 488 g/mol. The number of methoxy groups -OCH3 is 2. The van der Waals surface area contributed by atoms with Crippen molar-refractivity contribution in [2.24, 2.45) is 0 Å². The zero-order chi connectivity index (χ0) is 20.8. The van der Waals surface area contributed by atoms with Crippen LogP contribution in [-0.4, -0.2) is 19.2 Å². The third kappa shape index (κ3) is 5.07. The summed E-state index contributed by atoms with van der Waals surface area (Å²) in [5.41, 5.74) is 2.95. The smallest absolute Gasteiger partial charge is 0.161 e. The molecule has 2 aromatic carbocycles. The molecule has 146 valence electrons. The lowest BCUT2D eigenvalue weighted by Crippen LogP contribution is -1.91. The van der Waals surface area contributed by atoms with Gasteiger partial charge in [0.05, 0.1) is 25.5 Å². The second kappa shape index (κ2) is 9.75. The minimum Gasteiger partial charge on any atom is -0.493 e. The monoisotopic (exact) mass is 486 g/mol. The Bertz CT molecular complexity index is 1110. The standard InChI is InChI=1S/C22H16BrClN2O2S/c1-27-20-10-6-15(11-21(20)28-2)19-13-29-22(26-19)16(12-25)5-9-18(24)14-3-7-17(23)8-4-14/h3-11,13H,1-2H3/b16-5+,18-9-. The van der Waals surface area contributed by atoms with Gasteiger partial charge >= 0.3 is 0 Å². The number of nitriles is 1. The van der Waals surface area contributed by atoms with E-state index in [2.05, 4.69) is 27.0 Å². The highest BCUT2D eigenvalue weighted by Gasteiger charge is 2.11. The summed E-state index contributed by atoms with van der Waals surface area (Å²) in [5.74, 6) is 1.27. The molecule has 0 radical (unpaired) electrons. The first-order valence-electron chi connectivity index (χ1n) is 8.47. The van der Waals surface area contributed by atoms with Crippen LogP contribution in [0, 0.1) is 11.3 Å². The van der Waals surface area contributed by atoms with Crippen molar-refractivity contribution in [3.63, 3.8) is 0 Å². The van der Waals surface area contributed by atoms with E-state index in [4.69, 9.17) is 21.1 Å². The summed E-state index contributed by atoms with van der Waals surface area (Å²) in [6.45, 7) is 0. The lowest BCUT2D eigenvalue weighted by Gasteiger charge is -2.08. The molecule has 0 bridgehead atoms. The van der Waals surface area contributed by atoms with Gasteiger partial charge in [-0.15, -0.1) is 11.3 Å². The SMILES string of the molecule is COc1ccc(-c2csc(/C(C#N)=C/C=C(\Cl)c3ccc(Br)cc3)n2)cc1OC. The van der Waals surface area contributed by atoms with Gasteiger partial charge in [-0.25, -0.2) is 4.98 Å². The lowest BCUT2D eigenvalue weighted by molar-refractivity contribution is 0.355. The van der Waals surface area contributed by atoms with Crippen LogP contribution in [0.2, 0.25) is 0 Å². The fraction of sp³-hybridized carbons (Fsp3) is 0.0909. The summed E-state index contributed by atoms with van der Waals surface area (Å²) in [4.78, 5) is 4.60. The Morgan fingerprint density at radius 3 is 2.48 bits per heavy atom. The van der Waals surface area contributed by atoms with Crippen LogP contribution in [-0.2, 0) is 0 Å². The quantitative estimate of drug-likeness (QED) is 0.284. The van der Waals surface area contributed by atoms with Crippen molar-refractivity contribution in [3.8, 4) is 28.8 Å². The van der Waals surface area contributed by atoms with Crippen LogP contribution in [0.25, 0.3) is 21.9 Å². The summed E-state index contributed by atoms with van der Waals surface area (Å²) < 4.78 is 11.6. The third-order valence-corrected chi connectivity index (χ3v) is 5.80. The fourth-order valence-corrected chi connectivity index (χ4v) is 3.80. The van der Waals surface area contributed by atoms with Crippen molar-refractivity contribution in [1.29, 1.82) is 5.26 Å². The number of halogens is 2. The van der Waals surface area contributed by atoms with Crippen LogP contribution in [0.1, 0.15) is 10.6 Å². The molecule has 1 heterocycles. The molecule has 4 nitrogen and oxygen atoms in total. The Balaban J connectivity index is 1.88. The van der Waals surface area contributed by atoms with Crippen molar-refractivity contribution >= 4 is 49.5 Å². The maximum atomic E-state index is 9.56. The largest absolute Gasteiger partial charge is 0.493 e. The van der Waals surface area contributed by atoms with Gasteiger partial charge in [-0.1, -0.05) is 39.7 Å². The van der Waals surface area contributed by atoms with Crippen LogP contribution in [0.15, 0.2) is 64.5 Å². The lowest BCUT2D eigenvalue weighted by atomic mass is 10.1. The second-order valence-electron chi connectivity index (χ2n) is 5.82. The molecule has 29 heavy (non-hydrogen) atoms. The summed E-state index contributed by atoms with van der Waals surface area (Å²) in [6.07, 6.45) is 3.39. The minimum absolute atomic E-state index is 0.442. The highest BCUT2D eigenvalue weighted by Crippen LogP contribution is 2.33. The predicted molar refractivity (Wildman–Crippen MR) is 122 cm³/mol. The number of allylic oxidation sites excluding steroid dienone is 3. The molecule has 0 aliphatic rings. The summed E-state index contributed by atoms with van der Waals surface area (Å²) >= 11 is 11.2. The van der Waals surface area contributed by atoms with E-state index in [1.807, 2.05) is 47.8 Å². The molecule has 0 aliphatic carbocycles. The Labute approximate surface area is 186 Å². The first-order chi connectivity index (χ1) is 14.0. The van der Waals surface area contributed by atoms with Crippen molar-refractivity contribution in [2.75, 3.05) is 14.2 Å². The summed E-state index contributed by atoms with van der Waals surface area (Å²) in [5, 5.41) is 12.6. The van der Waals surface area contributed by atoms with E-state index in [1.54, 1.807) is 26.4 Å². The van der Waals surface area contributed by atoms with Crippen LogP contribution in [0.5, 0.6) is 11.5 Å². The Hall–Kier alpha value is -2.59. The average Bonchev–Trinajstić information content (AvgIpc) is 3.24. The van der Waals surface area contributed by atoms with Gasteiger partial charge in [0.25, 0.3) is 0 Å². The van der Waals surface area contributed by atoms with Crippen LogP contribution in [0.4, 0.5) is 0 Å². The van der Waals surface area contributed by atoms with Gasteiger partial charge in [0, 0.05) is 20.4 Å². The van der Waals surface area contributed by atoms with Crippen LogP contribution < -0.4 is 9.47 Å². The number of benzene rings is 2. The van der Waals surface area contributed by atoms with E-state index in [-0.39, 0.29) is 0 Å². The fourth-order valence-electron chi connectivity index (χ4n) is 2.54. The minimum atomic E-state index is 0.442. The molecule has 0 fully saturated rings. The van der Waals surface area contributed by atoms with E-state index in [1.165, 1.54) is 11.3 Å². The van der Waals surface area contributed by atoms with Crippen molar-refractivity contribution < 1.29 is 9.47 Å². The highest BCUT2D eigenvalue weighted by atomic mass is 79.9. The van der Waals surface area contributed by atoms with Gasteiger partial charge in [0.15, 0.2) is 11.5 Å². The number of hydrogen-bond donors (Lipinski definition) is 0. The Morgan fingerprint density at radius 1 is 1.10 bits per heavy atom. The molecule has 0 saturated carbocycles. The molecule has 0 unspecified atom stereocenters. The van der Waals surface area contributed by atoms with Gasteiger partial charge in [-0.3, -0.25) is 0 Å². The van der Waals surface area contributed by atoms with Gasteiger partial charge in [0.2, 0.25) is 0 Å². The normalized spacial score (nSPS) is 11.8. The Kier molecular flexibility index (Phi) is 7.10. The number of ether oxygens (including phenoxy) is 2. The third-order valence-electron chi connectivity index (χ3n) is 4.05. The van der Waals surface area contributed by atoms with E-state index in [0.717, 1.165) is 21.3 Å². The maximum Gasteiger partial charge on any atom is 0.161 e. The molecule has 7 heteroatoms. The number of thiazole rings is 1. The summed E-state index contributed by atoms with van der Waals surface area (Å²) in [6, 6.07) is 15.4. The molecular formula is C22H16BrClN2O2S. The molecule has 0 N–H and O–H groups in total. The number of hydrogen-bond acceptors (Lipinski definition) is 5. The van der Waals surface area contributed by atoms with Crippen molar-refractivity contribution in [2.45, 2.75) is 0 Å². The highest BCUT2D eigenvalue weighted by molar-refractivity contribution is 9.10. The molecule has 3 aromatic rings. The van der Waals surface area contributed by atoms with E-state index in [9.17, 15) is 5.26 Å². The predicted octanol–water partition coefficient (Wildman–Crippen LogP) is 6.78.